The van der Waals surface area contributed by atoms with Crippen LogP contribution in [0.15, 0.2) is 76.4 Å². The molecule has 5 aromatic rings. The van der Waals surface area contributed by atoms with Crippen molar-refractivity contribution in [3.05, 3.63) is 82.9 Å². The highest BCUT2D eigenvalue weighted by Crippen LogP contribution is 2.27. The zero-order chi connectivity index (χ0) is 19.1. The van der Waals surface area contributed by atoms with E-state index < -0.39 is 0 Å². The molecule has 0 N–H and O–H groups in total. The molecule has 0 spiro atoms. The van der Waals surface area contributed by atoms with E-state index in [1.807, 2.05) is 35.6 Å². The van der Waals surface area contributed by atoms with E-state index in [-0.39, 0.29) is 5.56 Å². The summed E-state index contributed by atoms with van der Waals surface area (Å²) in [6, 6.07) is 22.5. The van der Waals surface area contributed by atoms with Gasteiger partial charge in [0.25, 0.3) is 5.56 Å². The van der Waals surface area contributed by atoms with Gasteiger partial charge in [0.15, 0.2) is 0 Å². The van der Waals surface area contributed by atoms with Crippen LogP contribution >= 0.6 is 11.8 Å². The highest BCUT2D eigenvalue weighted by molar-refractivity contribution is 7.98. The molecule has 138 valence electrons. The van der Waals surface area contributed by atoms with Crippen molar-refractivity contribution in [2.75, 3.05) is 0 Å². The first-order valence-electron chi connectivity index (χ1n) is 9.23. The molecule has 5 rings (SSSR count). The van der Waals surface area contributed by atoms with E-state index in [0.717, 1.165) is 11.3 Å². The Labute approximate surface area is 165 Å². The maximum Gasteiger partial charge on any atom is 0.262 e. The maximum atomic E-state index is 12.8. The Morgan fingerprint density at radius 2 is 1.71 bits per heavy atom. The minimum absolute atomic E-state index is 0.0215. The van der Waals surface area contributed by atoms with Crippen LogP contribution in [0.5, 0.6) is 0 Å². The van der Waals surface area contributed by atoms with Gasteiger partial charge in [-0.3, -0.25) is 13.8 Å². The summed E-state index contributed by atoms with van der Waals surface area (Å²) in [5.74, 6) is 2.11. The summed E-state index contributed by atoms with van der Waals surface area (Å²) < 4.78 is 3.69. The SMILES string of the molecule is CCn1c(=O)c2ccccc2n2c(CSc3ccc4ccccc4c3)nnc12. The van der Waals surface area contributed by atoms with Gasteiger partial charge in [-0.05, 0) is 42.0 Å². The van der Waals surface area contributed by atoms with Gasteiger partial charge in [0.05, 0.1) is 16.7 Å². The molecular weight excluding hydrogens is 368 g/mol. The lowest BCUT2D eigenvalue weighted by Crippen LogP contribution is -2.22. The molecule has 0 saturated carbocycles. The number of hydrogen-bond acceptors (Lipinski definition) is 4. The second-order valence-corrected chi connectivity index (χ2v) is 7.66. The number of hydrogen-bond donors (Lipinski definition) is 0. The predicted molar refractivity (Wildman–Crippen MR) is 114 cm³/mol. The molecule has 0 unspecified atom stereocenters. The first kappa shape index (κ1) is 17.0. The van der Waals surface area contributed by atoms with E-state index in [1.165, 1.54) is 15.7 Å². The van der Waals surface area contributed by atoms with Crippen LogP contribution in [-0.2, 0) is 12.3 Å². The topological polar surface area (TPSA) is 52.2 Å². The Balaban J connectivity index is 1.59. The monoisotopic (exact) mass is 386 g/mol. The molecule has 5 nitrogen and oxygen atoms in total. The molecule has 2 aromatic heterocycles. The predicted octanol–water partition coefficient (Wildman–Crippen LogP) is 4.51. The summed E-state index contributed by atoms with van der Waals surface area (Å²) in [7, 11) is 0. The molecule has 0 bridgehead atoms. The number of thioether (sulfide) groups is 1. The van der Waals surface area contributed by atoms with Crippen molar-refractivity contribution in [3.8, 4) is 0 Å². The number of benzene rings is 3. The number of aromatic nitrogens is 4. The van der Waals surface area contributed by atoms with Gasteiger partial charge in [-0.15, -0.1) is 22.0 Å². The summed E-state index contributed by atoms with van der Waals surface area (Å²) in [6.45, 7) is 2.51. The van der Waals surface area contributed by atoms with Gasteiger partial charge in [-0.25, -0.2) is 0 Å². The Bertz CT molecular complexity index is 1390. The third-order valence-electron chi connectivity index (χ3n) is 4.98. The molecule has 0 radical (unpaired) electrons. The van der Waals surface area contributed by atoms with Crippen molar-refractivity contribution in [3.63, 3.8) is 0 Å². The summed E-state index contributed by atoms with van der Waals surface area (Å²) in [4.78, 5) is 13.9. The number of para-hydroxylation sites is 1. The summed E-state index contributed by atoms with van der Waals surface area (Å²) in [5, 5.41) is 11.9. The van der Waals surface area contributed by atoms with E-state index in [9.17, 15) is 4.79 Å². The lowest BCUT2D eigenvalue weighted by molar-refractivity contribution is 0.735. The first-order valence-corrected chi connectivity index (χ1v) is 10.2. The van der Waals surface area contributed by atoms with Crippen molar-refractivity contribution in [1.82, 2.24) is 19.2 Å². The van der Waals surface area contributed by atoms with Crippen LogP contribution in [-0.4, -0.2) is 19.2 Å². The molecule has 0 aliphatic carbocycles. The quantitative estimate of drug-likeness (QED) is 0.427. The lowest BCUT2D eigenvalue weighted by atomic mass is 10.1. The molecule has 0 amide bonds. The summed E-state index contributed by atoms with van der Waals surface area (Å²) >= 11 is 1.72. The zero-order valence-corrected chi connectivity index (χ0v) is 16.2. The van der Waals surface area contributed by atoms with Gasteiger partial charge in [0.1, 0.15) is 5.82 Å². The normalized spacial score (nSPS) is 11.6. The fourth-order valence-electron chi connectivity index (χ4n) is 3.60. The van der Waals surface area contributed by atoms with Crippen LogP contribution in [0.25, 0.3) is 27.5 Å². The minimum atomic E-state index is -0.0215. The van der Waals surface area contributed by atoms with Crippen molar-refractivity contribution >= 4 is 39.2 Å². The Kier molecular flexibility index (Phi) is 4.13. The van der Waals surface area contributed by atoms with Crippen LogP contribution in [0.3, 0.4) is 0 Å². The van der Waals surface area contributed by atoms with Crippen molar-refractivity contribution in [2.45, 2.75) is 24.1 Å². The van der Waals surface area contributed by atoms with Gasteiger partial charge in [-0.1, -0.05) is 42.5 Å². The van der Waals surface area contributed by atoms with Crippen LogP contribution in [0, 0.1) is 0 Å². The largest absolute Gasteiger partial charge is 0.277 e. The fourth-order valence-corrected chi connectivity index (χ4v) is 4.46. The second-order valence-electron chi connectivity index (χ2n) is 6.62. The van der Waals surface area contributed by atoms with E-state index in [0.29, 0.717) is 23.5 Å². The Morgan fingerprint density at radius 1 is 0.929 bits per heavy atom. The van der Waals surface area contributed by atoms with E-state index in [4.69, 9.17) is 0 Å². The molecule has 0 aliphatic heterocycles. The van der Waals surface area contributed by atoms with E-state index in [2.05, 4.69) is 52.7 Å². The molecule has 2 heterocycles. The number of nitrogens with zero attached hydrogens (tertiary/aromatic N) is 4. The van der Waals surface area contributed by atoms with Crippen LogP contribution < -0.4 is 5.56 Å². The van der Waals surface area contributed by atoms with Crippen LogP contribution in [0.2, 0.25) is 0 Å². The molecule has 0 aliphatic rings. The molecule has 3 aromatic carbocycles. The highest BCUT2D eigenvalue weighted by atomic mass is 32.2. The molecule has 28 heavy (non-hydrogen) atoms. The van der Waals surface area contributed by atoms with Crippen molar-refractivity contribution in [2.24, 2.45) is 0 Å². The van der Waals surface area contributed by atoms with Crippen molar-refractivity contribution < 1.29 is 0 Å². The molecular formula is C22H18N4OS. The number of rotatable bonds is 4. The Hall–Kier alpha value is -3.12. The van der Waals surface area contributed by atoms with Gasteiger partial charge in [-0.2, -0.15) is 0 Å². The van der Waals surface area contributed by atoms with Gasteiger partial charge < -0.3 is 0 Å². The molecule has 0 fully saturated rings. The standard InChI is InChI=1S/C22H18N4OS/c1-2-25-21(27)18-9-5-6-10-19(18)26-20(23-24-22(25)26)14-28-17-12-11-15-7-3-4-8-16(15)13-17/h3-13H,2,14H2,1H3. The Morgan fingerprint density at radius 3 is 2.57 bits per heavy atom. The molecule has 0 atom stereocenters. The smallest absolute Gasteiger partial charge is 0.262 e. The average molecular weight is 386 g/mol. The van der Waals surface area contributed by atoms with Gasteiger partial charge in [0, 0.05) is 11.4 Å². The van der Waals surface area contributed by atoms with Crippen molar-refractivity contribution in [1.29, 1.82) is 0 Å². The van der Waals surface area contributed by atoms with Gasteiger partial charge in [0.2, 0.25) is 5.78 Å². The highest BCUT2D eigenvalue weighted by Gasteiger charge is 2.15. The maximum absolute atomic E-state index is 12.8. The van der Waals surface area contributed by atoms with E-state index in [1.54, 1.807) is 16.3 Å². The third kappa shape index (κ3) is 2.68. The summed E-state index contributed by atoms with van der Waals surface area (Å²) in [5.41, 5.74) is 0.832. The zero-order valence-electron chi connectivity index (χ0n) is 15.4. The molecule has 6 heteroatoms. The van der Waals surface area contributed by atoms with Gasteiger partial charge >= 0.3 is 0 Å². The average Bonchev–Trinajstić information content (AvgIpc) is 3.16. The van der Waals surface area contributed by atoms with Crippen LogP contribution in [0.4, 0.5) is 0 Å². The first-order chi connectivity index (χ1) is 13.8. The van der Waals surface area contributed by atoms with Crippen LogP contribution in [0.1, 0.15) is 12.7 Å². The fraction of sp³-hybridized carbons (Fsp3) is 0.136. The third-order valence-corrected chi connectivity index (χ3v) is 5.97. The number of aryl methyl sites for hydroxylation is 1. The minimum Gasteiger partial charge on any atom is -0.277 e. The van der Waals surface area contributed by atoms with E-state index >= 15 is 0 Å². The lowest BCUT2D eigenvalue weighted by Gasteiger charge is -2.09. The second kappa shape index (κ2) is 6.80. The number of fused-ring (bicyclic) bond motifs is 4. The molecule has 0 saturated heterocycles. The summed E-state index contributed by atoms with van der Waals surface area (Å²) in [6.07, 6.45) is 0.